The van der Waals surface area contributed by atoms with Crippen molar-refractivity contribution < 1.29 is 27.6 Å². The molecule has 12 heteroatoms. The van der Waals surface area contributed by atoms with Gasteiger partial charge in [-0.1, -0.05) is 53.5 Å². The highest BCUT2D eigenvalue weighted by atomic mass is 35.5. The molecular formula is C25H19Cl2N3O6S. The predicted molar refractivity (Wildman–Crippen MR) is 142 cm³/mol. The number of aryl methyl sites for hydroxylation is 1. The van der Waals surface area contributed by atoms with Crippen LogP contribution in [0.4, 0.5) is 17.1 Å². The molecule has 0 bridgehead atoms. The zero-order chi connectivity index (χ0) is 26.9. The number of amides is 1. The number of phenolic OH excluding ortho intramolecular Hbond substituents is 1. The molecule has 9 nitrogen and oxygen atoms in total. The Balaban J connectivity index is 1.83. The van der Waals surface area contributed by atoms with Gasteiger partial charge < -0.3 is 15.2 Å². The number of nitrogens with one attached hydrogen (secondary N) is 1. The molecule has 0 aliphatic heterocycles. The zero-order valence-corrected chi connectivity index (χ0v) is 21.7. The summed E-state index contributed by atoms with van der Waals surface area (Å²) in [7, 11) is -3.12. The first kappa shape index (κ1) is 26.4. The number of benzene rings is 4. The van der Waals surface area contributed by atoms with E-state index in [4.69, 9.17) is 27.9 Å². The lowest BCUT2D eigenvalue weighted by Crippen LogP contribution is -2.13. The van der Waals surface area contributed by atoms with Crippen molar-refractivity contribution >= 4 is 67.1 Å². The van der Waals surface area contributed by atoms with E-state index in [-0.39, 0.29) is 32.7 Å². The number of ether oxygens (including phenoxy) is 1. The molecule has 0 aromatic heterocycles. The summed E-state index contributed by atoms with van der Waals surface area (Å²) >= 11 is 12.4. The number of rotatable bonds is 6. The maximum Gasteiger partial charge on any atom is 0.294 e. The van der Waals surface area contributed by atoms with Crippen LogP contribution < -0.4 is 10.1 Å². The van der Waals surface area contributed by atoms with E-state index in [0.717, 1.165) is 6.07 Å². The molecule has 3 N–H and O–H groups in total. The van der Waals surface area contributed by atoms with Crippen LogP contribution in [0.1, 0.15) is 15.9 Å². The smallest absolute Gasteiger partial charge is 0.294 e. The summed E-state index contributed by atoms with van der Waals surface area (Å²) in [5, 5.41) is 23.3. The number of phenols is 1. The fourth-order valence-corrected chi connectivity index (χ4v) is 4.63. The molecule has 0 fully saturated rings. The molecule has 0 spiro atoms. The normalized spacial score (nSPS) is 11.7. The van der Waals surface area contributed by atoms with E-state index in [0.29, 0.717) is 22.0 Å². The Morgan fingerprint density at radius 1 is 1.03 bits per heavy atom. The topological polar surface area (TPSA) is 138 Å². The van der Waals surface area contributed by atoms with Gasteiger partial charge in [0.15, 0.2) is 11.5 Å². The first-order chi connectivity index (χ1) is 17.5. The third-order valence-corrected chi connectivity index (χ3v) is 7.04. The maximum atomic E-state index is 13.2. The van der Waals surface area contributed by atoms with E-state index in [9.17, 15) is 22.9 Å². The monoisotopic (exact) mass is 559 g/mol. The maximum absolute atomic E-state index is 13.2. The Hall–Kier alpha value is -3.70. The van der Waals surface area contributed by atoms with Crippen molar-refractivity contribution in [1.82, 2.24) is 0 Å². The highest BCUT2D eigenvalue weighted by molar-refractivity contribution is 7.85. The second-order valence-electron chi connectivity index (χ2n) is 7.87. The minimum atomic E-state index is -4.53. The number of carbonyl (C=O) groups is 1. The Kier molecular flexibility index (Phi) is 7.37. The quantitative estimate of drug-likeness (QED) is 0.170. The van der Waals surface area contributed by atoms with Gasteiger partial charge in [0, 0.05) is 5.39 Å². The fourth-order valence-electron chi connectivity index (χ4n) is 3.64. The number of nitrogens with zero attached hydrogens (tertiary/aromatic N) is 2. The van der Waals surface area contributed by atoms with Crippen molar-refractivity contribution in [3.05, 3.63) is 81.8 Å². The summed E-state index contributed by atoms with van der Waals surface area (Å²) in [6.45, 7) is 1.54. The number of hydrogen-bond acceptors (Lipinski definition) is 7. The van der Waals surface area contributed by atoms with Crippen LogP contribution in [0, 0.1) is 6.92 Å². The highest BCUT2D eigenvalue weighted by Gasteiger charge is 2.21. The third-order valence-electron chi connectivity index (χ3n) is 5.42. The van der Waals surface area contributed by atoms with Gasteiger partial charge in [-0.2, -0.15) is 8.42 Å². The molecule has 0 saturated heterocycles. The number of carbonyl (C=O) groups excluding carboxylic acids is 1. The molecule has 4 aromatic carbocycles. The molecule has 0 heterocycles. The van der Waals surface area contributed by atoms with Crippen molar-refractivity contribution in [3.63, 3.8) is 0 Å². The van der Waals surface area contributed by atoms with E-state index < -0.39 is 26.7 Å². The Morgan fingerprint density at radius 2 is 1.76 bits per heavy atom. The van der Waals surface area contributed by atoms with Crippen LogP contribution in [0.2, 0.25) is 10.0 Å². The van der Waals surface area contributed by atoms with Crippen LogP contribution >= 0.6 is 23.2 Å². The number of para-hydroxylation sites is 1. The predicted octanol–water partition coefficient (Wildman–Crippen LogP) is 7.08. The summed E-state index contributed by atoms with van der Waals surface area (Å²) in [5.41, 5.74) is 0.413. The van der Waals surface area contributed by atoms with Gasteiger partial charge in [0.25, 0.3) is 16.0 Å². The van der Waals surface area contributed by atoms with Gasteiger partial charge in [-0.05, 0) is 48.2 Å². The molecule has 37 heavy (non-hydrogen) atoms. The number of halogens is 2. The van der Waals surface area contributed by atoms with E-state index in [2.05, 4.69) is 15.5 Å². The standard InChI is InChI=1S/C25H19Cl2N3O6S/c1-13-10-15(37(33,34)35)12-20(21(13)27)29-30-22-16-7-4-3-6-14(16)11-17(23(22)31)25(32)28-19-9-5-8-18(26)24(19)36-2/h3-12,31H,1-2H3,(H,28,32)(H,33,34,35). The van der Waals surface area contributed by atoms with Gasteiger partial charge in [0.05, 0.1) is 33.3 Å². The lowest BCUT2D eigenvalue weighted by Gasteiger charge is -2.14. The average molecular weight is 560 g/mol. The number of azo groups is 1. The second-order valence-corrected chi connectivity index (χ2v) is 10.1. The zero-order valence-electron chi connectivity index (χ0n) is 19.4. The average Bonchev–Trinajstić information content (AvgIpc) is 2.84. The van der Waals surface area contributed by atoms with Gasteiger partial charge >= 0.3 is 0 Å². The second kappa shape index (κ2) is 10.3. The minimum absolute atomic E-state index is 0.0488. The van der Waals surface area contributed by atoms with Crippen molar-refractivity contribution in [2.45, 2.75) is 11.8 Å². The van der Waals surface area contributed by atoms with E-state index in [1.54, 1.807) is 42.5 Å². The van der Waals surface area contributed by atoms with Crippen molar-refractivity contribution in [3.8, 4) is 11.5 Å². The minimum Gasteiger partial charge on any atom is -0.505 e. The number of anilines is 1. The Bertz CT molecular complexity index is 1690. The number of hydrogen-bond donors (Lipinski definition) is 3. The lowest BCUT2D eigenvalue weighted by molar-refractivity contribution is 0.102. The number of fused-ring (bicyclic) bond motifs is 1. The molecular weight excluding hydrogens is 541 g/mol. The summed E-state index contributed by atoms with van der Waals surface area (Å²) in [4.78, 5) is 12.8. The lowest BCUT2D eigenvalue weighted by atomic mass is 10.0. The summed E-state index contributed by atoms with van der Waals surface area (Å²) in [6.07, 6.45) is 0. The molecule has 190 valence electrons. The molecule has 0 aliphatic rings. The first-order valence-electron chi connectivity index (χ1n) is 10.6. The summed E-state index contributed by atoms with van der Waals surface area (Å²) < 4.78 is 37.9. The van der Waals surface area contributed by atoms with Crippen LogP contribution in [-0.4, -0.2) is 31.1 Å². The van der Waals surface area contributed by atoms with Crippen LogP contribution in [0.25, 0.3) is 10.8 Å². The van der Waals surface area contributed by atoms with Crippen molar-refractivity contribution in [2.24, 2.45) is 10.2 Å². The highest BCUT2D eigenvalue weighted by Crippen LogP contribution is 2.41. The SMILES string of the molecule is COc1c(Cl)cccc1NC(=O)c1cc2ccccc2c(N=Nc2cc(S(=O)(=O)O)cc(C)c2Cl)c1O. The van der Waals surface area contributed by atoms with Crippen LogP contribution in [0.15, 0.2) is 75.8 Å². The molecule has 1 amide bonds. The number of aromatic hydroxyl groups is 1. The fraction of sp³-hybridized carbons (Fsp3) is 0.0800. The largest absolute Gasteiger partial charge is 0.505 e. The van der Waals surface area contributed by atoms with Crippen molar-refractivity contribution in [2.75, 3.05) is 12.4 Å². The Morgan fingerprint density at radius 3 is 2.46 bits per heavy atom. The molecule has 4 aromatic rings. The molecule has 0 saturated carbocycles. The van der Waals surface area contributed by atoms with Gasteiger partial charge in [-0.15, -0.1) is 10.2 Å². The summed E-state index contributed by atoms with van der Waals surface area (Å²) in [6, 6.07) is 15.4. The summed E-state index contributed by atoms with van der Waals surface area (Å²) in [5.74, 6) is -0.885. The number of methoxy groups -OCH3 is 1. The van der Waals surface area contributed by atoms with Crippen LogP contribution in [0.3, 0.4) is 0 Å². The third kappa shape index (κ3) is 5.37. The van der Waals surface area contributed by atoms with E-state index in [1.807, 2.05) is 0 Å². The van der Waals surface area contributed by atoms with Gasteiger partial charge in [0.1, 0.15) is 11.4 Å². The molecule has 0 radical (unpaired) electrons. The Labute approximate surface area is 222 Å². The van der Waals surface area contributed by atoms with Gasteiger partial charge in [-0.25, -0.2) is 0 Å². The molecule has 0 atom stereocenters. The van der Waals surface area contributed by atoms with E-state index >= 15 is 0 Å². The van der Waals surface area contributed by atoms with Crippen LogP contribution in [0.5, 0.6) is 11.5 Å². The van der Waals surface area contributed by atoms with E-state index in [1.165, 1.54) is 26.2 Å². The molecule has 0 aliphatic carbocycles. The van der Waals surface area contributed by atoms with Gasteiger partial charge in [-0.3, -0.25) is 9.35 Å². The van der Waals surface area contributed by atoms with Crippen molar-refractivity contribution in [1.29, 1.82) is 0 Å². The molecule has 4 rings (SSSR count). The molecule has 0 unspecified atom stereocenters. The first-order valence-corrected chi connectivity index (χ1v) is 12.8. The van der Waals surface area contributed by atoms with Gasteiger partial charge in [0.2, 0.25) is 0 Å². The van der Waals surface area contributed by atoms with Crippen LogP contribution in [-0.2, 0) is 10.1 Å².